The molecule has 0 aliphatic carbocycles. The lowest BCUT2D eigenvalue weighted by Gasteiger charge is -2.27. The van der Waals surface area contributed by atoms with Crippen LogP contribution >= 0.6 is 11.6 Å². The predicted molar refractivity (Wildman–Crippen MR) is 152 cm³/mol. The normalized spacial score (nSPS) is 13.7. The molecule has 0 radical (unpaired) electrons. The lowest BCUT2D eigenvalue weighted by Crippen LogP contribution is -2.22. The minimum atomic E-state index is -2.37. The zero-order valence-corrected chi connectivity index (χ0v) is 24.3. The zero-order chi connectivity index (χ0) is 33.1. The smallest absolute Gasteiger partial charge is 0.349 e. The van der Waals surface area contributed by atoms with Crippen LogP contribution in [-0.4, -0.2) is 19.7 Å². The molecule has 4 aromatic carbocycles. The van der Waals surface area contributed by atoms with Gasteiger partial charge in [0.1, 0.15) is 29.7 Å². The highest BCUT2D eigenvalue weighted by atomic mass is 35.5. The number of ether oxygens (including phenoxy) is 5. The summed E-state index contributed by atoms with van der Waals surface area (Å²) in [6.45, 7) is -0.969. The van der Waals surface area contributed by atoms with E-state index in [-0.39, 0.29) is 29.6 Å². The van der Waals surface area contributed by atoms with Crippen LogP contribution < -0.4 is 29.4 Å². The summed E-state index contributed by atoms with van der Waals surface area (Å²) < 4.78 is 94.5. The van der Waals surface area contributed by atoms with Gasteiger partial charge in [-0.05, 0) is 41.5 Å². The summed E-state index contributed by atoms with van der Waals surface area (Å²) in [4.78, 5) is 12.3. The number of hydrogen-bond acceptors (Lipinski definition) is 8. The van der Waals surface area contributed by atoms with Gasteiger partial charge in [0.15, 0.2) is 23.9 Å². The Hall–Kier alpha value is -5.48. The fraction of sp³-hybridized carbons (Fsp3) is 0.125. The van der Waals surface area contributed by atoms with Crippen LogP contribution in [0.25, 0.3) is 0 Å². The second-order valence-electron chi connectivity index (χ2n) is 9.61. The Morgan fingerprint density at radius 3 is 2.24 bits per heavy atom. The van der Waals surface area contributed by atoms with Crippen molar-refractivity contribution < 1.29 is 50.4 Å². The first-order valence-corrected chi connectivity index (χ1v) is 13.5. The van der Waals surface area contributed by atoms with Gasteiger partial charge < -0.3 is 29.4 Å². The van der Waals surface area contributed by atoms with Crippen LogP contribution in [0, 0.1) is 40.4 Å². The minimum Gasteiger partial charge on any atom is -0.493 e. The number of hydrogen-bond donors (Lipinski definition) is 1. The molecule has 0 amide bonds. The lowest BCUT2D eigenvalue weighted by molar-refractivity contribution is -0.136. The van der Waals surface area contributed by atoms with Crippen LogP contribution in [0.2, 0.25) is 5.02 Å². The maximum Gasteiger partial charge on any atom is 0.349 e. The van der Waals surface area contributed by atoms with E-state index < -0.39 is 53.3 Å². The number of carbonyl (C=O) groups is 1. The average molecular weight is 659 g/mol. The molecule has 0 bridgehead atoms. The van der Waals surface area contributed by atoms with Crippen molar-refractivity contribution in [1.29, 1.82) is 5.26 Å². The Morgan fingerprint density at radius 1 is 0.913 bits per heavy atom. The van der Waals surface area contributed by atoms with E-state index >= 15 is 0 Å². The number of nitriles is 1. The number of rotatable bonds is 9. The van der Waals surface area contributed by atoms with Crippen LogP contribution in [0.1, 0.15) is 22.6 Å². The third-order valence-corrected chi connectivity index (χ3v) is 7.01. The second-order valence-corrected chi connectivity index (χ2v) is 10.0. The zero-order valence-electron chi connectivity index (χ0n) is 23.5. The minimum absolute atomic E-state index is 0.0883. The van der Waals surface area contributed by atoms with Crippen molar-refractivity contribution in [3.8, 4) is 34.8 Å². The third kappa shape index (κ3) is 6.33. The van der Waals surface area contributed by atoms with E-state index in [1.165, 1.54) is 25.3 Å². The highest BCUT2D eigenvalue weighted by Crippen LogP contribution is 2.45. The van der Waals surface area contributed by atoms with Crippen molar-refractivity contribution in [2.75, 3.05) is 13.7 Å². The molecule has 1 aliphatic rings. The molecule has 236 valence electrons. The Kier molecular flexibility index (Phi) is 9.20. The number of fused-ring (bicyclic) bond motifs is 1. The Morgan fingerprint density at radius 2 is 1.59 bits per heavy atom. The number of carbonyl (C=O) groups excluding carboxylic acids is 1. The molecule has 2 N–H and O–H groups in total. The van der Waals surface area contributed by atoms with Gasteiger partial charge >= 0.3 is 5.97 Å². The summed E-state index contributed by atoms with van der Waals surface area (Å²) in [6, 6.07) is 18.3. The summed E-state index contributed by atoms with van der Waals surface area (Å²) in [5, 5.41) is 10.5. The van der Waals surface area contributed by atoms with E-state index in [9.17, 15) is 32.0 Å². The number of halogens is 6. The van der Waals surface area contributed by atoms with Gasteiger partial charge in [-0.3, -0.25) is 0 Å². The van der Waals surface area contributed by atoms with Crippen molar-refractivity contribution in [3.05, 3.63) is 123 Å². The summed E-state index contributed by atoms with van der Waals surface area (Å²) >= 11 is 5.94. The SMILES string of the molecule is COc1cc(C2C(C#N)=C(N)Oc3cc(OC(=O)COc4c(F)c(F)c(F)c(F)c4F)ccc32)ccc1OCc1ccc(Cl)cc1. The van der Waals surface area contributed by atoms with Gasteiger partial charge in [-0.15, -0.1) is 0 Å². The number of esters is 1. The summed E-state index contributed by atoms with van der Waals surface area (Å²) in [6.07, 6.45) is 0. The molecule has 1 unspecified atom stereocenters. The largest absolute Gasteiger partial charge is 0.493 e. The van der Waals surface area contributed by atoms with E-state index in [1.807, 2.05) is 12.1 Å². The fourth-order valence-corrected chi connectivity index (χ4v) is 4.70. The first-order valence-electron chi connectivity index (χ1n) is 13.1. The predicted octanol–water partition coefficient (Wildman–Crippen LogP) is 6.83. The quantitative estimate of drug-likeness (QED) is 0.0685. The highest BCUT2D eigenvalue weighted by molar-refractivity contribution is 6.30. The summed E-state index contributed by atoms with van der Waals surface area (Å²) in [5.74, 6) is -14.4. The standard InChI is InChI=1S/C32H20ClF5N2O6/c1-42-23-10-16(4-9-21(23)43-13-15-2-5-17(33)6-3-15)25-19-8-7-18(11-22(19)46-32(40)20(25)12-39)45-24(41)14-44-31-29(37)27(35)26(34)28(36)30(31)38/h2-11,25H,13-14,40H2,1H3. The van der Waals surface area contributed by atoms with Crippen LogP contribution in [0.5, 0.6) is 28.7 Å². The van der Waals surface area contributed by atoms with Crippen molar-refractivity contribution in [2.45, 2.75) is 12.5 Å². The second kappa shape index (κ2) is 13.3. The maximum atomic E-state index is 13.9. The molecule has 0 aromatic heterocycles. The van der Waals surface area contributed by atoms with Crippen LogP contribution in [0.3, 0.4) is 0 Å². The lowest BCUT2D eigenvalue weighted by atomic mass is 9.83. The van der Waals surface area contributed by atoms with Crippen molar-refractivity contribution in [2.24, 2.45) is 5.73 Å². The molecule has 8 nitrogen and oxygen atoms in total. The van der Waals surface area contributed by atoms with E-state index in [1.54, 1.807) is 30.3 Å². The average Bonchev–Trinajstić information content (AvgIpc) is 3.05. The summed E-state index contributed by atoms with van der Waals surface area (Å²) in [7, 11) is 1.46. The van der Waals surface area contributed by atoms with E-state index in [0.717, 1.165) is 5.56 Å². The van der Waals surface area contributed by atoms with Crippen molar-refractivity contribution >= 4 is 17.6 Å². The molecule has 0 spiro atoms. The molecule has 5 rings (SSSR count). The van der Waals surface area contributed by atoms with Gasteiger partial charge in [-0.2, -0.15) is 14.0 Å². The molecule has 14 heteroatoms. The topological polar surface area (TPSA) is 113 Å². The first kappa shape index (κ1) is 31.9. The number of benzene rings is 4. The molecule has 1 heterocycles. The molecule has 0 saturated carbocycles. The third-order valence-electron chi connectivity index (χ3n) is 6.75. The van der Waals surface area contributed by atoms with Crippen LogP contribution in [-0.2, 0) is 11.4 Å². The van der Waals surface area contributed by atoms with Crippen LogP contribution in [0.15, 0.2) is 72.1 Å². The number of nitrogens with two attached hydrogens (primary N) is 1. The monoisotopic (exact) mass is 658 g/mol. The van der Waals surface area contributed by atoms with E-state index in [0.29, 0.717) is 27.6 Å². The first-order chi connectivity index (χ1) is 22.0. The van der Waals surface area contributed by atoms with Gasteiger partial charge in [0.2, 0.25) is 35.0 Å². The van der Waals surface area contributed by atoms with E-state index in [2.05, 4.69) is 10.8 Å². The van der Waals surface area contributed by atoms with Gasteiger partial charge in [-0.25, -0.2) is 18.0 Å². The molecule has 0 saturated heterocycles. The molecule has 4 aromatic rings. The van der Waals surface area contributed by atoms with Gasteiger partial charge in [0, 0.05) is 16.7 Å². The van der Waals surface area contributed by atoms with Gasteiger partial charge in [0.05, 0.1) is 13.0 Å². The van der Waals surface area contributed by atoms with Crippen molar-refractivity contribution in [1.82, 2.24) is 0 Å². The molecule has 1 atom stereocenters. The highest BCUT2D eigenvalue weighted by Gasteiger charge is 2.32. The molecule has 0 fully saturated rings. The van der Waals surface area contributed by atoms with Crippen molar-refractivity contribution in [3.63, 3.8) is 0 Å². The maximum absolute atomic E-state index is 13.9. The number of allylic oxidation sites excluding steroid dienone is 1. The Labute approximate surface area is 262 Å². The van der Waals surface area contributed by atoms with E-state index in [4.69, 9.17) is 36.3 Å². The van der Waals surface area contributed by atoms with Crippen LogP contribution in [0.4, 0.5) is 22.0 Å². The molecule has 1 aliphatic heterocycles. The Balaban J connectivity index is 1.35. The molecule has 46 heavy (non-hydrogen) atoms. The van der Waals surface area contributed by atoms with Gasteiger partial charge in [-0.1, -0.05) is 35.9 Å². The fourth-order valence-electron chi connectivity index (χ4n) is 4.57. The van der Waals surface area contributed by atoms with Gasteiger partial charge in [0.25, 0.3) is 0 Å². The summed E-state index contributed by atoms with van der Waals surface area (Å²) in [5.41, 5.74) is 8.07. The number of methoxy groups -OCH3 is 1. The Bertz CT molecular complexity index is 1880. The molecular weight excluding hydrogens is 639 g/mol. The molecular formula is C32H20ClF5N2O6. The number of nitrogens with zero attached hydrogens (tertiary/aromatic N) is 1.